The Morgan fingerprint density at radius 3 is 2.13 bits per heavy atom. The van der Waals surface area contributed by atoms with E-state index in [1.807, 2.05) is 19.1 Å². The molecule has 0 atom stereocenters. The lowest BCUT2D eigenvalue weighted by atomic mass is 9.54. The molecule has 0 spiro atoms. The number of amides is 3. The highest BCUT2D eigenvalue weighted by atomic mass is 16.2. The highest BCUT2D eigenvalue weighted by Gasteiger charge is 2.48. The van der Waals surface area contributed by atoms with Crippen molar-refractivity contribution in [2.24, 2.45) is 28.8 Å². The first-order valence-electron chi connectivity index (χ1n) is 10.9. The van der Waals surface area contributed by atoms with Crippen LogP contribution in [0.15, 0.2) is 29.4 Å². The molecule has 1 aromatic rings. The van der Waals surface area contributed by atoms with Crippen molar-refractivity contribution in [2.45, 2.75) is 58.4 Å². The Labute approximate surface area is 177 Å². The Hall–Kier alpha value is -2.70. The van der Waals surface area contributed by atoms with Crippen LogP contribution >= 0.6 is 0 Å². The van der Waals surface area contributed by atoms with Gasteiger partial charge in [0.25, 0.3) is 0 Å². The minimum absolute atomic E-state index is 0.0629. The van der Waals surface area contributed by atoms with Crippen LogP contribution in [0.1, 0.15) is 51.0 Å². The molecule has 5 rings (SSSR count). The van der Waals surface area contributed by atoms with Gasteiger partial charge in [-0.25, -0.2) is 5.43 Å². The zero-order chi connectivity index (χ0) is 21.3. The fourth-order valence-electron chi connectivity index (χ4n) is 5.69. The topological polar surface area (TPSA) is 99.7 Å². The molecule has 0 saturated heterocycles. The summed E-state index contributed by atoms with van der Waals surface area (Å²) in [7, 11) is 0. The van der Waals surface area contributed by atoms with Crippen LogP contribution in [0.25, 0.3) is 0 Å². The average molecular weight is 411 g/mol. The van der Waals surface area contributed by atoms with E-state index in [1.165, 1.54) is 32.1 Å². The fourth-order valence-corrected chi connectivity index (χ4v) is 5.69. The third kappa shape index (κ3) is 4.71. The van der Waals surface area contributed by atoms with Crippen LogP contribution in [0.3, 0.4) is 0 Å². The number of aryl methyl sites for hydroxylation is 1. The molecule has 7 nitrogen and oxygen atoms in total. The monoisotopic (exact) mass is 410 g/mol. The van der Waals surface area contributed by atoms with Crippen molar-refractivity contribution >= 4 is 29.1 Å². The second-order valence-corrected chi connectivity index (χ2v) is 9.31. The smallest absolute Gasteiger partial charge is 0.329 e. The number of benzene rings is 1. The third-order valence-corrected chi connectivity index (χ3v) is 6.83. The van der Waals surface area contributed by atoms with Gasteiger partial charge in [0.2, 0.25) is 5.91 Å². The van der Waals surface area contributed by atoms with Crippen molar-refractivity contribution in [1.82, 2.24) is 10.7 Å². The Morgan fingerprint density at radius 1 is 0.933 bits per heavy atom. The molecular formula is C23H30N4O3. The molecule has 1 aromatic carbocycles. The van der Waals surface area contributed by atoms with Gasteiger partial charge >= 0.3 is 11.8 Å². The molecule has 4 saturated carbocycles. The molecule has 3 amide bonds. The van der Waals surface area contributed by atoms with E-state index < -0.39 is 11.8 Å². The number of hydrogen-bond acceptors (Lipinski definition) is 4. The van der Waals surface area contributed by atoms with E-state index >= 15 is 0 Å². The number of hydrogen-bond donors (Lipinski definition) is 3. The van der Waals surface area contributed by atoms with Crippen molar-refractivity contribution in [3.8, 4) is 0 Å². The molecule has 4 aliphatic rings. The van der Waals surface area contributed by atoms with E-state index in [2.05, 4.69) is 21.2 Å². The first-order chi connectivity index (χ1) is 14.4. The van der Waals surface area contributed by atoms with Gasteiger partial charge in [-0.1, -0.05) is 17.7 Å². The minimum Gasteiger partial charge on any atom is -0.352 e. The van der Waals surface area contributed by atoms with Crippen LogP contribution < -0.4 is 16.1 Å². The van der Waals surface area contributed by atoms with Gasteiger partial charge in [-0.15, -0.1) is 0 Å². The fraction of sp³-hybridized carbons (Fsp3) is 0.565. The minimum atomic E-state index is -0.864. The van der Waals surface area contributed by atoms with Gasteiger partial charge in [-0.3, -0.25) is 14.4 Å². The average Bonchev–Trinajstić information content (AvgIpc) is 2.70. The van der Waals surface area contributed by atoms with Crippen LogP contribution in [0.5, 0.6) is 0 Å². The molecule has 0 heterocycles. The molecule has 4 bridgehead atoms. The summed E-state index contributed by atoms with van der Waals surface area (Å²) in [5.41, 5.74) is 4.30. The van der Waals surface area contributed by atoms with E-state index in [0.717, 1.165) is 17.4 Å². The predicted molar refractivity (Wildman–Crippen MR) is 115 cm³/mol. The highest BCUT2D eigenvalue weighted by molar-refractivity contribution is 6.39. The molecule has 0 unspecified atom stereocenters. The Kier molecular flexibility index (Phi) is 5.88. The molecule has 7 heteroatoms. The van der Waals surface area contributed by atoms with E-state index in [9.17, 15) is 14.4 Å². The number of nitrogens with one attached hydrogen (secondary N) is 3. The summed E-state index contributed by atoms with van der Waals surface area (Å²) in [5, 5.41) is 9.67. The lowest BCUT2D eigenvalue weighted by Crippen LogP contribution is -2.56. The molecule has 0 radical (unpaired) electrons. The molecule has 3 N–H and O–H groups in total. The number of anilines is 1. The molecule has 4 fully saturated rings. The standard InChI is InChI=1S/C23H30N4O3/c1-13-3-5-19(6-4-13)24-22(29)23(30)27-26-14(2)7-20(28)25-21-17-9-15-8-16(11-17)12-18(21)10-15/h3-6,15-18,21H,7-12H2,1-2H3,(H,24,29)(H,25,28)(H,27,30). The van der Waals surface area contributed by atoms with Gasteiger partial charge in [0.15, 0.2) is 0 Å². The van der Waals surface area contributed by atoms with Crippen LogP contribution in [0.4, 0.5) is 5.69 Å². The molecule has 0 aliphatic heterocycles. The Morgan fingerprint density at radius 2 is 1.53 bits per heavy atom. The largest absolute Gasteiger partial charge is 0.352 e. The maximum atomic E-state index is 12.5. The van der Waals surface area contributed by atoms with Gasteiger partial charge in [-0.2, -0.15) is 5.10 Å². The van der Waals surface area contributed by atoms with Gasteiger partial charge in [0, 0.05) is 17.4 Å². The maximum Gasteiger partial charge on any atom is 0.329 e. The lowest BCUT2D eigenvalue weighted by Gasteiger charge is -2.54. The zero-order valence-corrected chi connectivity index (χ0v) is 17.6. The van der Waals surface area contributed by atoms with Gasteiger partial charge in [0.1, 0.15) is 0 Å². The van der Waals surface area contributed by atoms with Crippen LogP contribution in [0, 0.1) is 30.6 Å². The zero-order valence-electron chi connectivity index (χ0n) is 17.6. The van der Waals surface area contributed by atoms with E-state index in [-0.39, 0.29) is 18.4 Å². The Balaban J connectivity index is 1.23. The first kappa shape index (κ1) is 20.6. The number of rotatable bonds is 5. The van der Waals surface area contributed by atoms with Crippen LogP contribution in [-0.4, -0.2) is 29.5 Å². The van der Waals surface area contributed by atoms with E-state index in [1.54, 1.807) is 19.1 Å². The predicted octanol–water partition coefficient (Wildman–Crippen LogP) is 2.76. The molecular weight excluding hydrogens is 380 g/mol. The first-order valence-corrected chi connectivity index (χ1v) is 10.9. The van der Waals surface area contributed by atoms with Crippen LogP contribution in [-0.2, 0) is 14.4 Å². The Bertz CT molecular complexity index is 834. The molecule has 160 valence electrons. The summed E-state index contributed by atoms with van der Waals surface area (Å²) in [4.78, 5) is 36.4. The molecule has 4 aliphatic carbocycles. The number of hydrazone groups is 1. The van der Waals surface area contributed by atoms with Gasteiger partial charge < -0.3 is 10.6 Å². The maximum absolute atomic E-state index is 12.5. The summed E-state index contributed by atoms with van der Waals surface area (Å²) >= 11 is 0. The summed E-state index contributed by atoms with van der Waals surface area (Å²) < 4.78 is 0. The summed E-state index contributed by atoms with van der Waals surface area (Å²) in [6.07, 6.45) is 6.49. The lowest BCUT2D eigenvalue weighted by molar-refractivity contribution is -0.136. The number of carbonyl (C=O) groups is 3. The summed E-state index contributed by atoms with van der Waals surface area (Å²) in [6.45, 7) is 3.61. The van der Waals surface area contributed by atoms with E-state index in [4.69, 9.17) is 0 Å². The number of nitrogens with zero attached hydrogens (tertiary/aromatic N) is 1. The quantitative estimate of drug-likeness (QED) is 0.395. The van der Waals surface area contributed by atoms with Crippen molar-refractivity contribution in [2.75, 3.05) is 5.32 Å². The second kappa shape index (κ2) is 8.58. The number of carbonyl (C=O) groups excluding carboxylic acids is 3. The van der Waals surface area contributed by atoms with E-state index in [0.29, 0.717) is 23.2 Å². The van der Waals surface area contributed by atoms with Crippen molar-refractivity contribution in [3.05, 3.63) is 29.8 Å². The molecule has 0 aromatic heterocycles. The SMILES string of the molecule is CC(CC(=O)NC1C2CC3CC(C2)CC1C3)=NNC(=O)C(=O)Nc1ccc(C)cc1. The highest BCUT2D eigenvalue weighted by Crippen LogP contribution is 2.53. The van der Waals surface area contributed by atoms with Crippen molar-refractivity contribution < 1.29 is 14.4 Å². The van der Waals surface area contributed by atoms with Gasteiger partial charge in [-0.05, 0) is 81.8 Å². The normalized spacial score (nSPS) is 29.4. The molecule has 30 heavy (non-hydrogen) atoms. The van der Waals surface area contributed by atoms with Gasteiger partial charge in [0.05, 0.1) is 6.42 Å². The third-order valence-electron chi connectivity index (χ3n) is 6.83. The second-order valence-electron chi connectivity index (χ2n) is 9.31. The van der Waals surface area contributed by atoms with Crippen molar-refractivity contribution in [1.29, 1.82) is 0 Å². The summed E-state index contributed by atoms with van der Waals surface area (Å²) in [5.74, 6) is 1.24. The summed E-state index contributed by atoms with van der Waals surface area (Å²) in [6, 6.07) is 7.43. The van der Waals surface area contributed by atoms with Crippen LogP contribution in [0.2, 0.25) is 0 Å². The van der Waals surface area contributed by atoms with Crippen molar-refractivity contribution in [3.63, 3.8) is 0 Å².